The van der Waals surface area contributed by atoms with Gasteiger partial charge in [0.05, 0.1) is 12.5 Å². The second-order valence-electron chi connectivity index (χ2n) is 3.65. The molecular formula is C11H14ClN5. The van der Waals surface area contributed by atoms with Crippen molar-refractivity contribution in [2.75, 3.05) is 11.9 Å². The lowest BCUT2D eigenvalue weighted by atomic mass is 10.3. The molecule has 1 N–H and O–H groups in total. The minimum atomic E-state index is 0.558. The monoisotopic (exact) mass is 251 g/mol. The zero-order valence-corrected chi connectivity index (χ0v) is 10.1. The van der Waals surface area contributed by atoms with Gasteiger partial charge in [-0.1, -0.05) is 11.6 Å². The van der Waals surface area contributed by atoms with Crippen LogP contribution in [0.25, 0.3) is 0 Å². The van der Waals surface area contributed by atoms with Gasteiger partial charge < -0.3 is 9.88 Å². The number of hydrogen-bond acceptors (Lipinski definition) is 4. The SMILES string of the molecule is Clc1cncnc1NCCCCn1ccnc1. The highest BCUT2D eigenvalue weighted by Gasteiger charge is 1.99. The summed E-state index contributed by atoms with van der Waals surface area (Å²) in [6.07, 6.45) is 10.8. The van der Waals surface area contributed by atoms with Gasteiger partial charge in [0, 0.05) is 25.5 Å². The van der Waals surface area contributed by atoms with Crippen LogP contribution in [0.4, 0.5) is 5.82 Å². The Morgan fingerprint density at radius 3 is 3.00 bits per heavy atom. The number of imidazole rings is 1. The van der Waals surface area contributed by atoms with E-state index in [2.05, 4.69) is 24.8 Å². The van der Waals surface area contributed by atoms with Gasteiger partial charge in [-0.3, -0.25) is 0 Å². The minimum absolute atomic E-state index is 0.558. The first kappa shape index (κ1) is 11.9. The van der Waals surface area contributed by atoms with E-state index < -0.39 is 0 Å². The van der Waals surface area contributed by atoms with Gasteiger partial charge in [0.2, 0.25) is 0 Å². The molecule has 2 heterocycles. The van der Waals surface area contributed by atoms with Crippen LogP contribution in [0.2, 0.25) is 5.02 Å². The molecule has 0 bridgehead atoms. The van der Waals surface area contributed by atoms with E-state index in [0.717, 1.165) is 25.9 Å². The predicted molar refractivity (Wildman–Crippen MR) is 67.0 cm³/mol. The smallest absolute Gasteiger partial charge is 0.148 e. The lowest BCUT2D eigenvalue weighted by Gasteiger charge is -2.06. The van der Waals surface area contributed by atoms with Crippen molar-refractivity contribution in [3.05, 3.63) is 36.3 Å². The molecule has 0 saturated carbocycles. The van der Waals surface area contributed by atoms with Crippen LogP contribution in [0.1, 0.15) is 12.8 Å². The fraction of sp³-hybridized carbons (Fsp3) is 0.364. The third-order valence-electron chi connectivity index (χ3n) is 2.36. The fourth-order valence-corrected chi connectivity index (χ4v) is 1.66. The molecule has 0 aromatic carbocycles. The average molecular weight is 252 g/mol. The predicted octanol–water partition coefficient (Wildman–Crippen LogP) is 2.22. The Bertz CT molecular complexity index is 443. The first-order chi connectivity index (χ1) is 8.36. The first-order valence-corrected chi connectivity index (χ1v) is 5.89. The molecule has 90 valence electrons. The molecule has 0 spiro atoms. The van der Waals surface area contributed by atoms with Crippen molar-refractivity contribution in [3.63, 3.8) is 0 Å². The van der Waals surface area contributed by atoms with E-state index in [1.165, 1.54) is 6.33 Å². The summed E-state index contributed by atoms with van der Waals surface area (Å²) in [4.78, 5) is 11.9. The lowest BCUT2D eigenvalue weighted by Crippen LogP contribution is -2.05. The number of aryl methyl sites for hydroxylation is 1. The topological polar surface area (TPSA) is 55.6 Å². The third-order valence-corrected chi connectivity index (χ3v) is 2.64. The molecule has 0 aliphatic carbocycles. The third kappa shape index (κ3) is 3.71. The second-order valence-corrected chi connectivity index (χ2v) is 4.06. The molecule has 0 unspecified atom stereocenters. The molecule has 2 aromatic rings. The maximum absolute atomic E-state index is 5.92. The van der Waals surface area contributed by atoms with Crippen molar-refractivity contribution in [1.29, 1.82) is 0 Å². The van der Waals surface area contributed by atoms with Crippen LogP contribution in [0.5, 0.6) is 0 Å². The zero-order chi connectivity index (χ0) is 11.9. The number of hydrogen-bond donors (Lipinski definition) is 1. The standard InChI is InChI=1S/C11H14ClN5/c12-10-7-14-8-16-11(10)15-3-1-2-5-17-6-4-13-9-17/h4,6-9H,1-3,5H2,(H,14,15,16). The molecule has 0 saturated heterocycles. The summed E-state index contributed by atoms with van der Waals surface area (Å²) in [6, 6.07) is 0. The molecule has 0 fully saturated rings. The lowest BCUT2D eigenvalue weighted by molar-refractivity contribution is 0.620. The van der Waals surface area contributed by atoms with E-state index in [1.807, 2.05) is 12.5 Å². The van der Waals surface area contributed by atoms with Crippen LogP contribution in [-0.2, 0) is 6.54 Å². The number of nitrogens with zero attached hydrogens (tertiary/aromatic N) is 4. The summed E-state index contributed by atoms with van der Waals surface area (Å²) in [5.41, 5.74) is 0. The van der Waals surface area contributed by atoms with Crippen molar-refractivity contribution in [3.8, 4) is 0 Å². The first-order valence-electron chi connectivity index (χ1n) is 5.51. The van der Waals surface area contributed by atoms with Crippen molar-refractivity contribution >= 4 is 17.4 Å². The molecule has 0 amide bonds. The molecule has 0 radical (unpaired) electrons. The Morgan fingerprint density at radius 1 is 1.29 bits per heavy atom. The van der Waals surface area contributed by atoms with E-state index >= 15 is 0 Å². The molecule has 17 heavy (non-hydrogen) atoms. The number of aromatic nitrogens is 4. The van der Waals surface area contributed by atoms with Crippen LogP contribution < -0.4 is 5.32 Å². The number of rotatable bonds is 6. The van der Waals surface area contributed by atoms with Crippen molar-refractivity contribution in [2.24, 2.45) is 0 Å². The molecule has 0 aliphatic heterocycles. The van der Waals surface area contributed by atoms with Gasteiger partial charge >= 0.3 is 0 Å². The number of unbranched alkanes of at least 4 members (excludes halogenated alkanes) is 1. The highest BCUT2D eigenvalue weighted by molar-refractivity contribution is 6.32. The van der Waals surface area contributed by atoms with E-state index in [9.17, 15) is 0 Å². The Hall–Kier alpha value is -1.62. The Morgan fingerprint density at radius 2 is 2.24 bits per heavy atom. The zero-order valence-electron chi connectivity index (χ0n) is 9.38. The Balaban J connectivity index is 1.65. The molecule has 0 atom stereocenters. The summed E-state index contributed by atoms with van der Waals surface area (Å²) < 4.78 is 2.07. The highest BCUT2D eigenvalue weighted by Crippen LogP contribution is 2.15. The van der Waals surface area contributed by atoms with Gasteiger partial charge in [-0.2, -0.15) is 0 Å². The minimum Gasteiger partial charge on any atom is -0.369 e. The van der Waals surface area contributed by atoms with Crippen molar-refractivity contribution < 1.29 is 0 Å². The quantitative estimate of drug-likeness (QED) is 0.800. The van der Waals surface area contributed by atoms with Crippen LogP contribution >= 0.6 is 11.6 Å². The molecule has 6 heteroatoms. The summed E-state index contributed by atoms with van der Waals surface area (Å²) in [7, 11) is 0. The number of anilines is 1. The molecule has 0 aliphatic rings. The van der Waals surface area contributed by atoms with Gasteiger partial charge in [0.1, 0.15) is 17.2 Å². The van der Waals surface area contributed by atoms with Crippen molar-refractivity contribution in [2.45, 2.75) is 19.4 Å². The van der Waals surface area contributed by atoms with E-state index in [-0.39, 0.29) is 0 Å². The van der Waals surface area contributed by atoms with E-state index in [0.29, 0.717) is 10.8 Å². The maximum Gasteiger partial charge on any atom is 0.148 e. The van der Waals surface area contributed by atoms with Crippen LogP contribution in [0.3, 0.4) is 0 Å². The van der Waals surface area contributed by atoms with Gasteiger partial charge in [0.25, 0.3) is 0 Å². The Kier molecular flexibility index (Phi) is 4.32. The fourth-order valence-electron chi connectivity index (χ4n) is 1.49. The largest absolute Gasteiger partial charge is 0.369 e. The van der Waals surface area contributed by atoms with Crippen molar-refractivity contribution in [1.82, 2.24) is 19.5 Å². The molecule has 2 rings (SSSR count). The highest BCUT2D eigenvalue weighted by atomic mass is 35.5. The summed E-state index contributed by atoms with van der Waals surface area (Å²) >= 11 is 5.92. The number of halogens is 1. The van der Waals surface area contributed by atoms with Crippen LogP contribution in [-0.4, -0.2) is 26.1 Å². The van der Waals surface area contributed by atoms with Gasteiger partial charge in [-0.25, -0.2) is 15.0 Å². The van der Waals surface area contributed by atoms with Crippen LogP contribution in [0.15, 0.2) is 31.2 Å². The van der Waals surface area contributed by atoms with Gasteiger partial charge in [-0.05, 0) is 12.8 Å². The summed E-state index contributed by atoms with van der Waals surface area (Å²) in [5, 5.41) is 3.74. The second kappa shape index (κ2) is 6.20. The summed E-state index contributed by atoms with van der Waals surface area (Å²) in [6.45, 7) is 1.84. The maximum atomic E-state index is 5.92. The normalized spacial score (nSPS) is 10.4. The summed E-state index contributed by atoms with van der Waals surface area (Å²) in [5.74, 6) is 0.698. The van der Waals surface area contributed by atoms with E-state index in [1.54, 1.807) is 12.4 Å². The average Bonchev–Trinajstić information content (AvgIpc) is 2.84. The Labute approximate surface area is 105 Å². The van der Waals surface area contributed by atoms with Gasteiger partial charge in [-0.15, -0.1) is 0 Å². The van der Waals surface area contributed by atoms with Gasteiger partial charge in [0.15, 0.2) is 0 Å². The molecule has 5 nitrogen and oxygen atoms in total. The van der Waals surface area contributed by atoms with Crippen LogP contribution in [0, 0.1) is 0 Å². The molecular weight excluding hydrogens is 238 g/mol. The van der Waals surface area contributed by atoms with E-state index in [4.69, 9.17) is 11.6 Å². The number of nitrogens with one attached hydrogen (secondary N) is 1. The molecule has 2 aromatic heterocycles.